The highest BCUT2D eigenvalue weighted by Crippen LogP contribution is 2.34. The van der Waals surface area contributed by atoms with Gasteiger partial charge in [0, 0.05) is 12.8 Å². The van der Waals surface area contributed by atoms with Gasteiger partial charge in [0.15, 0.2) is 18.1 Å². The van der Waals surface area contributed by atoms with E-state index in [1.807, 2.05) is 24.3 Å². The highest BCUT2D eigenvalue weighted by molar-refractivity contribution is 8.18. The minimum Gasteiger partial charge on any atom is -0.493 e. The molecule has 0 aliphatic carbocycles. The second-order valence-corrected chi connectivity index (χ2v) is 8.81. The van der Waals surface area contributed by atoms with E-state index >= 15 is 0 Å². The Morgan fingerprint density at radius 3 is 2.59 bits per heavy atom. The average Bonchev–Trinajstić information content (AvgIpc) is 3.08. The molecule has 2 aromatic rings. The van der Waals surface area contributed by atoms with E-state index in [1.54, 1.807) is 24.3 Å². The van der Waals surface area contributed by atoms with Crippen LogP contribution < -0.4 is 14.8 Å². The second kappa shape index (κ2) is 11.7. The molecule has 1 fully saturated rings. The molecule has 34 heavy (non-hydrogen) atoms. The molecular weight excluding hydrogens is 456 g/mol. The van der Waals surface area contributed by atoms with Crippen molar-refractivity contribution in [3.05, 3.63) is 58.5 Å². The van der Waals surface area contributed by atoms with Crippen LogP contribution >= 0.6 is 11.8 Å². The summed E-state index contributed by atoms with van der Waals surface area (Å²) in [4.78, 5) is 38.5. The van der Waals surface area contributed by atoms with Crippen molar-refractivity contribution in [2.45, 2.75) is 19.8 Å². The standard InChI is InChI=1S/C25H28N2O6S/c1-16(2)18-7-5-6-8-19(18)26-23(28)15-33-20-10-9-17(13-21(20)32-4)14-22-24(29)27(11-12-31-3)25(30)34-22/h5-10,13-14,16H,11-12,15H2,1-4H3,(H,26,28)/b22-14-. The number of nitrogens with one attached hydrogen (secondary N) is 1. The SMILES string of the molecule is COCCN1C(=O)S/C(=C\c2ccc(OCC(=O)Nc3ccccc3C(C)C)c(OC)c2)C1=O. The largest absolute Gasteiger partial charge is 0.493 e. The number of anilines is 1. The molecule has 1 N–H and O–H groups in total. The van der Waals surface area contributed by atoms with Crippen LogP contribution in [0.15, 0.2) is 47.4 Å². The van der Waals surface area contributed by atoms with Crippen molar-refractivity contribution in [2.75, 3.05) is 39.3 Å². The van der Waals surface area contributed by atoms with E-state index in [2.05, 4.69) is 19.2 Å². The first-order valence-corrected chi connectivity index (χ1v) is 11.6. The maximum absolute atomic E-state index is 12.5. The number of para-hydroxylation sites is 1. The zero-order valence-corrected chi connectivity index (χ0v) is 20.4. The van der Waals surface area contributed by atoms with Gasteiger partial charge in [-0.2, -0.15) is 0 Å². The van der Waals surface area contributed by atoms with Crippen molar-refractivity contribution in [3.63, 3.8) is 0 Å². The first-order valence-electron chi connectivity index (χ1n) is 10.8. The minimum atomic E-state index is -0.357. The first-order chi connectivity index (χ1) is 16.3. The van der Waals surface area contributed by atoms with Crippen LogP contribution in [-0.4, -0.2) is 55.9 Å². The smallest absolute Gasteiger partial charge is 0.293 e. The third-order valence-corrected chi connectivity index (χ3v) is 6.00. The lowest BCUT2D eigenvalue weighted by Gasteiger charge is -2.15. The van der Waals surface area contributed by atoms with Gasteiger partial charge >= 0.3 is 0 Å². The molecule has 0 saturated carbocycles. The molecule has 8 nitrogen and oxygen atoms in total. The average molecular weight is 485 g/mol. The molecule has 0 bridgehead atoms. The molecule has 3 rings (SSSR count). The van der Waals surface area contributed by atoms with Crippen LogP contribution in [0.3, 0.4) is 0 Å². The Morgan fingerprint density at radius 2 is 1.88 bits per heavy atom. The first kappa shape index (κ1) is 25.3. The summed E-state index contributed by atoms with van der Waals surface area (Å²) in [6.45, 7) is 4.42. The maximum Gasteiger partial charge on any atom is 0.293 e. The molecule has 1 heterocycles. The Balaban J connectivity index is 1.67. The molecule has 0 atom stereocenters. The van der Waals surface area contributed by atoms with E-state index in [-0.39, 0.29) is 42.7 Å². The normalized spacial score (nSPS) is 14.7. The molecule has 180 valence electrons. The van der Waals surface area contributed by atoms with Crippen molar-refractivity contribution in [1.29, 1.82) is 0 Å². The van der Waals surface area contributed by atoms with E-state index in [9.17, 15) is 14.4 Å². The lowest BCUT2D eigenvalue weighted by atomic mass is 10.0. The number of amides is 3. The molecule has 0 unspecified atom stereocenters. The van der Waals surface area contributed by atoms with Gasteiger partial charge < -0.3 is 19.5 Å². The number of nitrogens with zero attached hydrogens (tertiary/aromatic N) is 1. The number of hydrogen-bond donors (Lipinski definition) is 1. The lowest BCUT2D eigenvalue weighted by Crippen LogP contribution is -2.31. The Morgan fingerprint density at radius 1 is 1.12 bits per heavy atom. The molecule has 1 saturated heterocycles. The quantitative estimate of drug-likeness (QED) is 0.496. The van der Waals surface area contributed by atoms with Crippen molar-refractivity contribution in [3.8, 4) is 11.5 Å². The zero-order chi connectivity index (χ0) is 24.7. The number of carbonyl (C=O) groups excluding carboxylic acids is 3. The fourth-order valence-electron chi connectivity index (χ4n) is 3.36. The minimum absolute atomic E-state index is 0.194. The van der Waals surface area contributed by atoms with E-state index in [0.29, 0.717) is 22.0 Å². The summed E-state index contributed by atoms with van der Waals surface area (Å²) in [5.74, 6) is 0.419. The molecule has 0 spiro atoms. The summed E-state index contributed by atoms with van der Waals surface area (Å²) in [6, 6.07) is 12.7. The summed E-state index contributed by atoms with van der Waals surface area (Å²) in [5.41, 5.74) is 2.47. The highest BCUT2D eigenvalue weighted by Gasteiger charge is 2.34. The zero-order valence-electron chi connectivity index (χ0n) is 19.6. The summed E-state index contributed by atoms with van der Waals surface area (Å²) >= 11 is 0.881. The number of hydrogen-bond acceptors (Lipinski definition) is 7. The van der Waals surface area contributed by atoms with Crippen molar-refractivity contribution < 1.29 is 28.6 Å². The molecule has 3 amide bonds. The number of methoxy groups -OCH3 is 2. The van der Waals surface area contributed by atoms with Crippen LogP contribution in [0.5, 0.6) is 11.5 Å². The van der Waals surface area contributed by atoms with Crippen LogP contribution in [0.25, 0.3) is 6.08 Å². The summed E-state index contributed by atoms with van der Waals surface area (Å²) < 4.78 is 16.0. The lowest BCUT2D eigenvalue weighted by molar-refractivity contribution is -0.123. The predicted octanol–water partition coefficient (Wildman–Crippen LogP) is 4.52. The fourth-order valence-corrected chi connectivity index (χ4v) is 4.23. The number of benzene rings is 2. The van der Waals surface area contributed by atoms with E-state index in [1.165, 1.54) is 14.2 Å². The van der Waals surface area contributed by atoms with E-state index in [4.69, 9.17) is 14.2 Å². The highest BCUT2D eigenvalue weighted by atomic mass is 32.2. The molecule has 9 heteroatoms. The number of thioether (sulfide) groups is 1. The molecule has 0 radical (unpaired) electrons. The third kappa shape index (κ3) is 6.18. The topological polar surface area (TPSA) is 94.2 Å². The third-order valence-electron chi connectivity index (χ3n) is 5.09. The number of carbonyl (C=O) groups is 3. The summed E-state index contributed by atoms with van der Waals surface area (Å²) in [5, 5.41) is 2.56. The second-order valence-electron chi connectivity index (χ2n) is 7.82. The Labute approximate surface area is 203 Å². The molecule has 1 aliphatic rings. The summed E-state index contributed by atoms with van der Waals surface area (Å²) in [6.07, 6.45) is 1.62. The number of rotatable bonds is 10. The monoisotopic (exact) mass is 484 g/mol. The van der Waals surface area contributed by atoms with Crippen LogP contribution in [0.1, 0.15) is 30.9 Å². The Bertz CT molecular complexity index is 1100. The van der Waals surface area contributed by atoms with Gasteiger partial charge in [-0.3, -0.25) is 19.3 Å². The van der Waals surface area contributed by atoms with Gasteiger partial charge in [-0.1, -0.05) is 38.1 Å². The van der Waals surface area contributed by atoms with Gasteiger partial charge in [0.2, 0.25) is 0 Å². The van der Waals surface area contributed by atoms with Crippen LogP contribution in [0.2, 0.25) is 0 Å². The number of ether oxygens (including phenoxy) is 3. The molecule has 2 aromatic carbocycles. The molecular formula is C25H28N2O6S. The van der Waals surface area contributed by atoms with Crippen molar-refractivity contribution >= 4 is 40.6 Å². The number of imide groups is 1. The summed E-state index contributed by atoms with van der Waals surface area (Å²) in [7, 11) is 3.00. The predicted molar refractivity (Wildman–Crippen MR) is 132 cm³/mol. The van der Waals surface area contributed by atoms with Gasteiger partial charge in [-0.15, -0.1) is 0 Å². The fraction of sp³-hybridized carbons (Fsp3) is 0.320. The van der Waals surface area contributed by atoms with E-state index in [0.717, 1.165) is 27.9 Å². The van der Waals surface area contributed by atoms with E-state index < -0.39 is 0 Å². The van der Waals surface area contributed by atoms with Crippen LogP contribution in [0.4, 0.5) is 10.5 Å². The van der Waals surface area contributed by atoms with Crippen LogP contribution in [0, 0.1) is 0 Å². The van der Waals surface area contributed by atoms with Gasteiger partial charge in [0.1, 0.15) is 0 Å². The van der Waals surface area contributed by atoms with Crippen LogP contribution in [-0.2, 0) is 14.3 Å². The Kier molecular flexibility index (Phi) is 8.72. The van der Waals surface area contributed by atoms with Gasteiger partial charge in [-0.05, 0) is 53.1 Å². The van der Waals surface area contributed by atoms with Crippen molar-refractivity contribution in [2.24, 2.45) is 0 Å². The van der Waals surface area contributed by atoms with Gasteiger partial charge in [0.25, 0.3) is 17.1 Å². The maximum atomic E-state index is 12.5. The molecule has 1 aliphatic heterocycles. The van der Waals surface area contributed by atoms with Gasteiger partial charge in [-0.25, -0.2) is 0 Å². The van der Waals surface area contributed by atoms with Crippen molar-refractivity contribution in [1.82, 2.24) is 4.90 Å². The molecule has 0 aromatic heterocycles. The van der Waals surface area contributed by atoms with Gasteiger partial charge in [0.05, 0.1) is 25.2 Å². The Hall–Kier alpha value is -3.30.